The maximum atomic E-state index is 13.8. The Bertz CT molecular complexity index is 2070. The molecule has 1 unspecified atom stereocenters. The Kier molecular flexibility index (Phi) is 13.5. The molecular formula is C40H40N4O7S2. The number of hydrogen-bond acceptors (Lipinski definition) is 10. The largest absolute Gasteiger partial charge is 0.496 e. The van der Waals surface area contributed by atoms with Gasteiger partial charge in [-0.2, -0.15) is 0 Å². The van der Waals surface area contributed by atoms with Gasteiger partial charge in [-0.05, 0) is 80.1 Å². The average Bonchev–Trinajstić information content (AvgIpc) is 3.65. The fourth-order valence-corrected chi connectivity index (χ4v) is 6.87. The Balaban J connectivity index is 1.32. The molecule has 53 heavy (non-hydrogen) atoms. The first-order chi connectivity index (χ1) is 25.7. The summed E-state index contributed by atoms with van der Waals surface area (Å²) >= 11 is 2.73. The van der Waals surface area contributed by atoms with E-state index in [1.807, 2.05) is 49.6 Å². The number of nitrogens with zero attached hydrogens (tertiary/aromatic N) is 1. The van der Waals surface area contributed by atoms with Gasteiger partial charge in [0.25, 0.3) is 11.8 Å². The van der Waals surface area contributed by atoms with Crippen molar-refractivity contribution in [2.45, 2.75) is 30.4 Å². The molecule has 1 heterocycles. The number of nitrogens with one attached hydrogen (secondary N) is 3. The van der Waals surface area contributed by atoms with Gasteiger partial charge in [-0.3, -0.25) is 14.4 Å². The van der Waals surface area contributed by atoms with Crippen molar-refractivity contribution in [1.29, 1.82) is 0 Å². The van der Waals surface area contributed by atoms with Crippen LogP contribution in [-0.2, 0) is 9.59 Å². The second kappa shape index (κ2) is 18.6. The van der Waals surface area contributed by atoms with Crippen LogP contribution in [0, 0.1) is 0 Å². The minimum Gasteiger partial charge on any atom is -0.496 e. The normalized spacial score (nSPS) is 11.6. The molecule has 0 aliphatic heterocycles. The summed E-state index contributed by atoms with van der Waals surface area (Å²) in [5.74, 6) is 0.801. The van der Waals surface area contributed by atoms with Crippen LogP contribution in [0.4, 0.5) is 10.8 Å². The van der Waals surface area contributed by atoms with Crippen LogP contribution in [-0.4, -0.2) is 55.9 Å². The Hall–Kier alpha value is -5.79. The minimum absolute atomic E-state index is 0.0405. The SMILES string of the molecule is CCOc1ccc(-c2csc(NC(=O)C(CC)Sc3cccc(NC(=O)/C(=C\c4cc(OC)c(OC)cc4OC)NC(=O)c4ccccc4)c3)n2)cc1. The first-order valence-corrected chi connectivity index (χ1v) is 18.5. The summed E-state index contributed by atoms with van der Waals surface area (Å²) in [5.41, 5.74) is 2.95. The number of carbonyl (C=O) groups is 3. The monoisotopic (exact) mass is 752 g/mol. The van der Waals surface area contributed by atoms with Crippen molar-refractivity contribution in [3.63, 3.8) is 0 Å². The zero-order chi connectivity index (χ0) is 37.7. The molecule has 274 valence electrons. The molecule has 0 radical (unpaired) electrons. The van der Waals surface area contributed by atoms with Gasteiger partial charge < -0.3 is 34.9 Å². The number of methoxy groups -OCH3 is 3. The molecule has 0 bridgehead atoms. The second-order valence-electron chi connectivity index (χ2n) is 11.3. The van der Waals surface area contributed by atoms with Gasteiger partial charge in [0.2, 0.25) is 5.91 Å². The number of thiazole rings is 1. The zero-order valence-electron chi connectivity index (χ0n) is 29.9. The van der Waals surface area contributed by atoms with Crippen LogP contribution in [0.15, 0.2) is 107 Å². The fourth-order valence-electron chi connectivity index (χ4n) is 5.13. The van der Waals surface area contributed by atoms with Gasteiger partial charge in [0.1, 0.15) is 17.2 Å². The Morgan fingerprint density at radius 2 is 1.55 bits per heavy atom. The molecule has 0 fully saturated rings. The highest BCUT2D eigenvalue weighted by molar-refractivity contribution is 8.00. The molecule has 0 aliphatic carbocycles. The second-order valence-corrected chi connectivity index (χ2v) is 13.4. The van der Waals surface area contributed by atoms with E-state index < -0.39 is 17.1 Å². The van der Waals surface area contributed by atoms with E-state index in [9.17, 15) is 14.4 Å². The highest BCUT2D eigenvalue weighted by atomic mass is 32.2. The molecule has 5 rings (SSSR count). The molecule has 3 amide bonds. The lowest BCUT2D eigenvalue weighted by molar-refractivity contribution is -0.116. The molecule has 5 aromatic rings. The number of rotatable bonds is 16. The van der Waals surface area contributed by atoms with Crippen LogP contribution >= 0.6 is 23.1 Å². The van der Waals surface area contributed by atoms with Crippen LogP contribution in [0.1, 0.15) is 36.2 Å². The van der Waals surface area contributed by atoms with Crippen molar-refractivity contribution < 1.29 is 33.3 Å². The lowest BCUT2D eigenvalue weighted by Crippen LogP contribution is -2.30. The number of anilines is 2. The van der Waals surface area contributed by atoms with Crippen LogP contribution in [0.2, 0.25) is 0 Å². The van der Waals surface area contributed by atoms with Crippen molar-refractivity contribution in [1.82, 2.24) is 10.3 Å². The fraction of sp³-hybridized carbons (Fsp3) is 0.200. The first-order valence-electron chi connectivity index (χ1n) is 16.7. The molecule has 1 aromatic heterocycles. The van der Waals surface area contributed by atoms with E-state index in [-0.39, 0.29) is 11.6 Å². The molecule has 0 saturated heterocycles. The Morgan fingerprint density at radius 3 is 2.23 bits per heavy atom. The Labute approximate surface area is 316 Å². The highest BCUT2D eigenvalue weighted by Crippen LogP contribution is 2.36. The van der Waals surface area contributed by atoms with Crippen LogP contribution in [0.3, 0.4) is 0 Å². The summed E-state index contributed by atoms with van der Waals surface area (Å²) in [7, 11) is 4.50. The summed E-state index contributed by atoms with van der Waals surface area (Å²) in [4.78, 5) is 45.8. The van der Waals surface area contributed by atoms with Crippen molar-refractivity contribution in [2.24, 2.45) is 0 Å². The molecular weight excluding hydrogens is 713 g/mol. The Morgan fingerprint density at radius 1 is 0.830 bits per heavy atom. The number of ether oxygens (including phenoxy) is 4. The van der Waals surface area contributed by atoms with E-state index in [2.05, 4.69) is 20.9 Å². The highest BCUT2D eigenvalue weighted by Gasteiger charge is 2.21. The topological polar surface area (TPSA) is 137 Å². The lowest BCUT2D eigenvalue weighted by Gasteiger charge is -2.16. The van der Waals surface area contributed by atoms with E-state index in [1.54, 1.807) is 60.7 Å². The molecule has 4 aromatic carbocycles. The number of amides is 3. The standard InChI is InChI=1S/C40H40N4O7S2/c1-6-36(39(47)44-40-43-32(24-52-40)25-16-18-29(19-17-25)51-7-2)53-30-15-11-14-28(22-30)41-38(46)31(42-37(45)26-12-9-8-10-13-26)20-27-21-34(49-4)35(50-5)23-33(27)48-3/h8-24,36H,6-7H2,1-5H3,(H,41,46)(H,42,45)(H,43,44,47)/b31-20+. The van der Waals surface area contributed by atoms with E-state index in [4.69, 9.17) is 18.9 Å². The van der Waals surface area contributed by atoms with Crippen molar-refractivity contribution in [2.75, 3.05) is 38.6 Å². The predicted octanol–water partition coefficient (Wildman–Crippen LogP) is 8.15. The van der Waals surface area contributed by atoms with Gasteiger partial charge in [0.05, 0.1) is 38.9 Å². The summed E-state index contributed by atoms with van der Waals surface area (Å²) in [6, 6.07) is 26.7. The van der Waals surface area contributed by atoms with Gasteiger partial charge in [-0.25, -0.2) is 4.98 Å². The quantitative estimate of drug-likeness (QED) is 0.0674. The summed E-state index contributed by atoms with van der Waals surface area (Å²) in [5, 5.41) is 10.6. The third kappa shape index (κ3) is 10.2. The van der Waals surface area contributed by atoms with Gasteiger partial charge in [0, 0.05) is 38.7 Å². The third-order valence-corrected chi connectivity index (χ3v) is 9.91. The summed E-state index contributed by atoms with van der Waals surface area (Å²) in [6.07, 6.45) is 2.06. The first kappa shape index (κ1) is 38.4. The lowest BCUT2D eigenvalue weighted by atomic mass is 10.1. The van der Waals surface area contributed by atoms with Crippen molar-refractivity contribution in [3.05, 3.63) is 113 Å². The number of thioether (sulfide) groups is 1. The van der Waals surface area contributed by atoms with E-state index in [1.165, 1.54) is 50.5 Å². The molecule has 1 atom stereocenters. The number of hydrogen-bond donors (Lipinski definition) is 3. The molecule has 0 spiro atoms. The van der Waals surface area contributed by atoms with Gasteiger partial charge >= 0.3 is 0 Å². The van der Waals surface area contributed by atoms with Crippen LogP contribution in [0.25, 0.3) is 17.3 Å². The van der Waals surface area contributed by atoms with Crippen molar-refractivity contribution >= 4 is 57.7 Å². The van der Waals surface area contributed by atoms with E-state index in [0.717, 1.165) is 21.9 Å². The van der Waals surface area contributed by atoms with Crippen LogP contribution < -0.4 is 34.9 Å². The minimum atomic E-state index is -0.579. The third-order valence-electron chi connectivity index (χ3n) is 7.79. The summed E-state index contributed by atoms with van der Waals surface area (Å²) in [6.45, 7) is 4.46. The maximum Gasteiger partial charge on any atom is 0.272 e. The average molecular weight is 753 g/mol. The molecule has 13 heteroatoms. The molecule has 11 nitrogen and oxygen atoms in total. The van der Waals surface area contributed by atoms with Gasteiger partial charge in [-0.15, -0.1) is 23.1 Å². The number of carbonyl (C=O) groups excluding carboxylic acids is 3. The van der Waals surface area contributed by atoms with E-state index in [0.29, 0.717) is 52.2 Å². The number of aromatic nitrogens is 1. The van der Waals surface area contributed by atoms with Crippen molar-refractivity contribution in [3.8, 4) is 34.3 Å². The maximum absolute atomic E-state index is 13.8. The van der Waals surface area contributed by atoms with Gasteiger partial charge in [0.15, 0.2) is 16.6 Å². The molecule has 0 saturated carbocycles. The molecule has 0 aliphatic rings. The van der Waals surface area contributed by atoms with E-state index >= 15 is 0 Å². The summed E-state index contributed by atoms with van der Waals surface area (Å²) < 4.78 is 21.9. The predicted molar refractivity (Wildman–Crippen MR) is 210 cm³/mol. The zero-order valence-corrected chi connectivity index (χ0v) is 31.6. The number of benzene rings is 4. The van der Waals surface area contributed by atoms with Gasteiger partial charge in [-0.1, -0.05) is 31.2 Å². The molecule has 3 N–H and O–H groups in total. The van der Waals surface area contributed by atoms with Crippen LogP contribution in [0.5, 0.6) is 23.0 Å². The smallest absolute Gasteiger partial charge is 0.272 e.